The highest BCUT2D eigenvalue weighted by Crippen LogP contribution is 2.36. The zero-order chi connectivity index (χ0) is 11.8. The van der Waals surface area contributed by atoms with Crippen molar-refractivity contribution in [3.05, 3.63) is 29.3 Å². The van der Waals surface area contributed by atoms with Gasteiger partial charge in [-0.1, -0.05) is 6.07 Å². The van der Waals surface area contributed by atoms with Gasteiger partial charge in [0.25, 0.3) is 0 Å². The zero-order valence-electron chi connectivity index (χ0n) is 8.25. The van der Waals surface area contributed by atoms with Gasteiger partial charge in [0, 0.05) is 12.8 Å². The Bertz CT molecular complexity index is 412. The molecule has 1 aromatic carbocycles. The van der Waals surface area contributed by atoms with Crippen LogP contribution in [0.2, 0.25) is 0 Å². The van der Waals surface area contributed by atoms with Crippen LogP contribution < -0.4 is 4.74 Å². The molecule has 0 bridgehead atoms. The van der Waals surface area contributed by atoms with E-state index < -0.39 is 11.7 Å². The van der Waals surface area contributed by atoms with E-state index in [1.165, 1.54) is 6.07 Å². The molecule has 1 unspecified atom stereocenters. The lowest BCUT2D eigenvalue weighted by molar-refractivity contribution is -0.137. The minimum atomic E-state index is -4.36. The van der Waals surface area contributed by atoms with E-state index in [9.17, 15) is 18.0 Å². The van der Waals surface area contributed by atoms with Crippen LogP contribution in [0.25, 0.3) is 0 Å². The fourth-order valence-electron chi connectivity index (χ4n) is 1.71. The van der Waals surface area contributed by atoms with Crippen molar-refractivity contribution in [2.75, 3.05) is 0 Å². The van der Waals surface area contributed by atoms with Crippen molar-refractivity contribution in [1.29, 1.82) is 0 Å². The van der Waals surface area contributed by atoms with Crippen LogP contribution in [0.4, 0.5) is 13.2 Å². The van der Waals surface area contributed by atoms with Gasteiger partial charge in [0.05, 0.1) is 5.56 Å². The Morgan fingerprint density at radius 1 is 1.44 bits per heavy atom. The normalized spacial score (nSPS) is 19.1. The van der Waals surface area contributed by atoms with Crippen molar-refractivity contribution in [2.45, 2.75) is 25.1 Å². The average Bonchev–Trinajstić information content (AvgIpc) is 2.57. The third kappa shape index (κ3) is 2.03. The molecule has 1 aliphatic rings. The van der Waals surface area contributed by atoms with Crippen LogP contribution in [0.1, 0.15) is 17.5 Å². The van der Waals surface area contributed by atoms with Crippen molar-refractivity contribution in [2.24, 2.45) is 0 Å². The summed E-state index contributed by atoms with van der Waals surface area (Å²) in [6.45, 7) is 0. The molecule has 0 radical (unpaired) electrons. The summed E-state index contributed by atoms with van der Waals surface area (Å²) < 4.78 is 42.4. The number of halogens is 3. The summed E-state index contributed by atoms with van der Waals surface area (Å²) in [4.78, 5) is 10.3. The molecule has 0 aromatic heterocycles. The highest BCUT2D eigenvalue weighted by molar-refractivity contribution is 5.52. The third-order valence-corrected chi connectivity index (χ3v) is 2.49. The van der Waals surface area contributed by atoms with E-state index >= 15 is 0 Å². The Labute approximate surface area is 90.0 Å². The summed E-state index contributed by atoms with van der Waals surface area (Å²) in [6.07, 6.45) is -3.28. The van der Waals surface area contributed by atoms with Crippen molar-refractivity contribution >= 4 is 6.29 Å². The van der Waals surface area contributed by atoms with E-state index in [4.69, 9.17) is 4.74 Å². The van der Waals surface area contributed by atoms with Crippen molar-refractivity contribution in [3.63, 3.8) is 0 Å². The van der Waals surface area contributed by atoms with Gasteiger partial charge in [-0.15, -0.1) is 0 Å². The van der Waals surface area contributed by atoms with Crippen LogP contribution in [0.15, 0.2) is 18.2 Å². The molecule has 1 aliphatic heterocycles. The number of fused-ring (bicyclic) bond motifs is 1. The first kappa shape index (κ1) is 11.0. The summed E-state index contributed by atoms with van der Waals surface area (Å²) >= 11 is 0. The van der Waals surface area contributed by atoms with Crippen LogP contribution >= 0.6 is 0 Å². The maximum atomic E-state index is 12.4. The molecule has 0 amide bonds. The molecule has 16 heavy (non-hydrogen) atoms. The topological polar surface area (TPSA) is 26.3 Å². The lowest BCUT2D eigenvalue weighted by Crippen LogP contribution is -2.12. The number of carbonyl (C=O) groups excluding carboxylic acids is 1. The van der Waals surface area contributed by atoms with Crippen LogP contribution in [-0.4, -0.2) is 12.4 Å². The van der Waals surface area contributed by atoms with Gasteiger partial charge >= 0.3 is 6.18 Å². The highest BCUT2D eigenvalue weighted by atomic mass is 19.4. The first-order valence-corrected chi connectivity index (χ1v) is 4.81. The predicted molar refractivity (Wildman–Crippen MR) is 50.2 cm³/mol. The van der Waals surface area contributed by atoms with Gasteiger partial charge in [0.2, 0.25) is 0 Å². The molecule has 0 saturated carbocycles. The molecule has 0 saturated heterocycles. The quantitative estimate of drug-likeness (QED) is 0.730. The molecule has 0 fully saturated rings. The number of benzene rings is 1. The van der Waals surface area contributed by atoms with E-state index in [1.807, 2.05) is 0 Å². The molecule has 0 spiro atoms. The predicted octanol–water partition coefficient (Wildman–Crippen LogP) is 2.60. The summed E-state index contributed by atoms with van der Waals surface area (Å²) in [5.74, 6) is 0.238. The van der Waals surface area contributed by atoms with Crippen LogP contribution in [0, 0.1) is 0 Å². The van der Waals surface area contributed by atoms with Crippen molar-refractivity contribution in [1.82, 2.24) is 0 Å². The molecule has 86 valence electrons. The minimum absolute atomic E-state index is 0.204. The van der Waals surface area contributed by atoms with Crippen molar-refractivity contribution < 1.29 is 22.7 Å². The summed E-state index contributed by atoms with van der Waals surface area (Å²) in [5.41, 5.74) is -0.00199. The summed E-state index contributed by atoms with van der Waals surface area (Å²) in [7, 11) is 0. The molecule has 1 heterocycles. The SMILES string of the molecule is O=CCC1Cc2ccc(C(F)(F)F)cc2O1. The molecule has 1 aromatic rings. The molecule has 0 N–H and O–H groups in total. The second-order valence-electron chi connectivity index (χ2n) is 3.67. The highest BCUT2D eigenvalue weighted by Gasteiger charge is 2.33. The first-order valence-electron chi connectivity index (χ1n) is 4.81. The maximum absolute atomic E-state index is 12.4. The van der Waals surface area contributed by atoms with E-state index in [1.54, 1.807) is 0 Å². The molecule has 0 aliphatic carbocycles. The Kier molecular flexibility index (Phi) is 2.61. The number of hydrogen-bond acceptors (Lipinski definition) is 2. The van der Waals surface area contributed by atoms with Gasteiger partial charge in [0.1, 0.15) is 18.1 Å². The number of rotatable bonds is 2. The van der Waals surface area contributed by atoms with Gasteiger partial charge in [-0.2, -0.15) is 13.2 Å². The van der Waals surface area contributed by atoms with E-state index in [0.29, 0.717) is 12.7 Å². The molecule has 2 nitrogen and oxygen atoms in total. The Morgan fingerprint density at radius 3 is 2.81 bits per heavy atom. The second-order valence-corrected chi connectivity index (χ2v) is 3.67. The Hall–Kier alpha value is -1.52. The van der Waals surface area contributed by atoms with E-state index in [-0.39, 0.29) is 18.3 Å². The summed E-state index contributed by atoms with van der Waals surface area (Å²) in [5, 5.41) is 0. The van der Waals surface area contributed by atoms with Gasteiger partial charge < -0.3 is 9.53 Å². The number of alkyl halides is 3. The largest absolute Gasteiger partial charge is 0.489 e. The summed E-state index contributed by atoms with van der Waals surface area (Å²) in [6, 6.07) is 3.43. The lowest BCUT2D eigenvalue weighted by atomic mass is 10.1. The van der Waals surface area contributed by atoms with Gasteiger partial charge in [-0.25, -0.2) is 0 Å². The average molecular weight is 230 g/mol. The van der Waals surface area contributed by atoms with Crippen LogP contribution in [-0.2, 0) is 17.4 Å². The standard InChI is InChI=1S/C11H9F3O2/c12-11(13,14)8-2-1-7-5-9(3-4-15)16-10(7)6-8/h1-2,4,6,9H,3,5H2. The van der Waals surface area contributed by atoms with Crippen LogP contribution in [0.3, 0.4) is 0 Å². The van der Waals surface area contributed by atoms with E-state index in [2.05, 4.69) is 0 Å². The molecular formula is C11H9F3O2. The maximum Gasteiger partial charge on any atom is 0.416 e. The van der Waals surface area contributed by atoms with Gasteiger partial charge in [-0.05, 0) is 17.7 Å². The zero-order valence-corrected chi connectivity index (χ0v) is 8.25. The smallest absolute Gasteiger partial charge is 0.416 e. The number of carbonyl (C=O) groups is 1. The van der Waals surface area contributed by atoms with Crippen LogP contribution in [0.5, 0.6) is 5.75 Å². The first-order chi connectivity index (χ1) is 7.50. The van der Waals surface area contributed by atoms with Gasteiger partial charge in [-0.3, -0.25) is 0 Å². The monoisotopic (exact) mass is 230 g/mol. The molecular weight excluding hydrogens is 221 g/mol. The lowest BCUT2D eigenvalue weighted by Gasteiger charge is -2.08. The minimum Gasteiger partial charge on any atom is -0.489 e. The fourth-order valence-corrected chi connectivity index (χ4v) is 1.71. The van der Waals surface area contributed by atoms with Crippen molar-refractivity contribution in [3.8, 4) is 5.75 Å². The molecule has 1 atom stereocenters. The number of hydrogen-bond donors (Lipinski definition) is 0. The molecule has 2 rings (SSSR count). The van der Waals surface area contributed by atoms with Gasteiger partial charge in [0.15, 0.2) is 0 Å². The fraction of sp³-hybridized carbons (Fsp3) is 0.364. The Balaban J connectivity index is 2.24. The number of aldehydes is 1. The van der Waals surface area contributed by atoms with E-state index in [0.717, 1.165) is 17.7 Å². The second kappa shape index (κ2) is 3.81. The third-order valence-electron chi connectivity index (χ3n) is 2.49. The molecule has 5 heteroatoms. The Morgan fingerprint density at radius 2 is 2.19 bits per heavy atom. The number of ether oxygens (including phenoxy) is 1.